The minimum Gasteiger partial charge on any atom is -0.373 e. The topological polar surface area (TPSA) is 45.0 Å². The van der Waals surface area contributed by atoms with E-state index in [2.05, 4.69) is 11.4 Å². The van der Waals surface area contributed by atoms with Gasteiger partial charge in [-0.05, 0) is 52.5 Å². The second kappa shape index (κ2) is 5.37. The highest BCUT2D eigenvalue weighted by molar-refractivity contribution is 4.94. The number of hydrogen-bond donors (Lipinski definition) is 1. The van der Waals surface area contributed by atoms with E-state index >= 15 is 0 Å². The van der Waals surface area contributed by atoms with Gasteiger partial charge >= 0.3 is 0 Å². The molecule has 2 fully saturated rings. The molecule has 0 aromatic heterocycles. The fourth-order valence-corrected chi connectivity index (χ4v) is 2.89. The zero-order chi connectivity index (χ0) is 12.3. The molecule has 1 N–H and O–H groups in total. The molecule has 2 rings (SSSR count). The van der Waals surface area contributed by atoms with Crippen molar-refractivity contribution in [3.05, 3.63) is 0 Å². The Kier molecular flexibility index (Phi) is 4.06. The lowest BCUT2D eigenvalue weighted by Crippen LogP contribution is -2.38. The molecule has 0 aromatic rings. The van der Waals surface area contributed by atoms with Crippen LogP contribution in [0.25, 0.3) is 0 Å². The maximum Gasteiger partial charge on any atom is 0.0733 e. The number of fused-ring (bicyclic) bond motifs is 2. The maximum absolute atomic E-state index is 8.91. The summed E-state index contributed by atoms with van der Waals surface area (Å²) in [6.07, 6.45) is 8.02. The fraction of sp³-hybridized carbons (Fsp3) is 0.929. The van der Waals surface area contributed by atoms with E-state index in [1.54, 1.807) is 0 Å². The maximum atomic E-state index is 8.91. The van der Waals surface area contributed by atoms with Crippen LogP contribution in [0.3, 0.4) is 0 Å². The monoisotopic (exact) mass is 236 g/mol. The van der Waals surface area contributed by atoms with Gasteiger partial charge in [0.05, 0.1) is 23.7 Å². The second-order valence-corrected chi connectivity index (χ2v) is 6.12. The lowest BCUT2D eigenvalue weighted by atomic mass is 9.89. The molecule has 2 aliphatic rings. The van der Waals surface area contributed by atoms with E-state index in [9.17, 15) is 0 Å². The van der Waals surface area contributed by atoms with E-state index in [1.165, 1.54) is 25.7 Å². The van der Waals surface area contributed by atoms with Gasteiger partial charge in [0.1, 0.15) is 0 Å². The average molecular weight is 236 g/mol. The van der Waals surface area contributed by atoms with Crippen LogP contribution in [0.2, 0.25) is 0 Å². The molecule has 0 radical (unpaired) electrons. The molecule has 96 valence electrons. The molecule has 0 aromatic carbocycles. The van der Waals surface area contributed by atoms with Crippen LogP contribution >= 0.6 is 0 Å². The van der Waals surface area contributed by atoms with Crippen LogP contribution in [0.4, 0.5) is 0 Å². The zero-order valence-corrected chi connectivity index (χ0v) is 11.0. The average Bonchev–Trinajstić information content (AvgIpc) is 2.90. The normalized spacial score (nSPS) is 31.7. The summed E-state index contributed by atoms with van der Waals surface area (Å²) >= 11 is 0. The van der Waals surface area contributed by atoms with Crippen molar-refractivity contribution in [2.24, 2.45) is 5.41 Å². The number of nitrogens with zero attached hydrogens (tertiary/aromatic N) is 1. The largest absolute Gasteiger partial charge is 0.373 e. The quantitative estimate of drug-likeness (QED) is 0.721. The van der Waals surface area contributed by atoms with Crippen molar-refractivity contribution in [2.75, 3.05) is 6.54 Å². The van der Waals surface area contributed by atoms with E-state index in [1.807, 2.05) is 13.8 Å². The first-order valence-electron chi connectivity index (χ1n) is 6.91. The van der Waals surface area contributed by atoms with Crippen molar-refractivity contribution < 1.29 is 4.74 Å². The summed E-state index contributed by atoms with van der Waals surface area (Å²) < 4.78 is 5.81. The highest BCUT2D eigenvalue weighted by Gasteiger charge is 2.40. The van der Waals surface area contributed by atoms with Crippen LogP contribution in [0.5, 0.6) is 0 Å². The summed E-state index contributed by atoms with van der Waals surface area (Å²) in [7, 11) is 0. The summed E-state index contributed by atoms with van der Waals surface area (Å²) in [5, 5.41) is 12.5. The fourth-order valence-electron chi connectivity index (χ4n) is 2.89. The predicted molar refractivity (Wildman–Crippen MR) is 67.5 cm³/mol. The van der Waals surface area contributed by atoms with Crippen molar-refractivity contribution in [1.29, 1.82) is 5.26 Å². The smallest absolute Gasteiger partial charge is 0.0733 e. The van der Waals surface area contributed by atoms with Gasteiger partial charge in [0.25, 0.3) is 0 Å². The summed E-state index contributed by atoms with van der Waals surface area (Å²) in [5.41, 5.74) is -0.157. The molecule has 2 heterocycles. The Balaban J connectivity index is 1.54. The first kappa shape index (κ1) is 12.9. The van der Waals surface area contributed by atoms with Gasteiger partial charge in [0.15, 0.2) is 0 Å². The van der Waals surface area contributed by atoms with Crippen molar-refractivity contribution in [3.8, 4) is 6.07 Å². The molecule has 17 heavy (non-hydrogen) atoms. The Morgan fingerprint density at radius 3 is 2.76 bits per heavy atom. The summed E-state index contributed by atoms with van der Waals surface area (Å²) in [4.78, 5) is 0. The Morgan fingerprint density at radius 1 is 1.35 bits per heavy atom. The van der Waals surface area contributed by atoms with Gasteiger partial charge in [0.2, 0.25) is 0 Å². The lowest BCUT2D eigenvalue weighted by molar-refractivity contribution is 0.0974. The Bertz CT molecular complexity index is 295. The number of nitriles is 1. The zero-order valence-electron chi connectivity index (χ0n) is 11.0. The van der Waals surface area contributed by atoms with E-state index in [4.69, 9.17) is 10.00 Å². The molecule has 0 saturated carbocycles. The number of rotatable bonds is 6. The third kappa shape index (κ3) is 3.43. The van der Waals surface area contributed by atoms with E-state index < -0.39 is 0 Å². The molecule has 2 aliphatic heterocycles. The SMILES string of the molecule is CC(C)(C#N)CCCCNC1CC2CCC1O2. The standard InChI is InChI=1S/C14H24N2O/c1-14(2,10-15)7-3-4-8-16-12-9-11-5-6-13(12)17-11/h11-13,16H,3-9H2,1-2H3. The number of hydrogen-bond acceptors (Lipinski definition) is 3. The van der Waals surface area contributed by atoms with Gasteiger partial charge in [-0.3, -0.25) is 0 Å². The van der Waals surface area contributed by atoms with Crippen molar-refractivity contribution in [3.63, 3.8) is 0 Å². The van der Waals surface area contributed by atoms with Crippen LogP contribution < -0.4 is 5.32 Å². The van der Waals surface area contributed by atoms with Gasteiger partial charge in [-0.1, -0.05) is 6.42 Å². The van der Waals surface area contributed by atoms with Crippen molar-refractivity contribution in [2.45, 2.75) is 70.6 Å². The molecular formula is C14H24N2O. The van der Waals surface area contributed by atoms with Gasteiger partial charge in [-0.25, -0.2) is 0 Å². The second-order valence-electron chi connectivity index (χ2n) is 6.12. The molecule has 3 atom stereocenters. The minimum atomic E-state index is -0.157. The molecule has 3 unspecified atom stereocenters. The molecular weight excluding hydrogens is 212 g/mol. The van der Waals surface area contributed by atoms with E-state index in [-0.39, 0.29) is 5.41 Å². The van der Waals surface area contributed by atoms with Crippen LogP contribution in [0.15, 0.2) is 0 Å². The van der Waals surface area contributed by atoms with Gasteiger partial charge in [-0.2, -0.15) is 5.26 Å². The Labute approximate surface area is 105 Å². The Hall–Kier alpha value is -0.590. The van der Waals surface area contributed by atoms with Gasteiger partial charge in [-0.15, -0.1) is 0 Å². The highest BCUT2D eigenvalue weighted by Crippen LogP contribution is 2.34. The molecule has 3 heteroatoms. The molecule has 2 saturated heterocycles. The summed E-state index contributed by atoms with van der Waals surface area (Å²) in [6.45, 7) is 5.10. The predicted octanol–water partition coefficient (Wildman–Crippen LogP) is 2.62. The first-order chi connectivity index (χ1) is 8.11. The van der Waals surface area contributed by atoms with Crippen LogP contribution in [0, 0.1) is 16.7 Å². The van der Waals surface area contributed by atoms with Crippen LogP contribution in [-0.4, -0.2) is 24.8 Å². The van der Waals surface area contributed by atoms with Gasteiger partial charge in [0, 0.05) is 6.04 Å². The Morgan fingerprint density at radius 2 is 2.18 bits per heavy atom. The number of ether oxygens (including phenoxy) is 1. The molecule has 0 aliphatic carbocycles. The van der Waals surface area contributed by atoms with E-state index in [0.29, 0.717) is 18.2 Å². The molecule has 0 spiro atoms. The van der Waals surface area contributed by atoms with Crippen molar-refractivity contribution in [1.82, 2.24) is 5.32 Å². The third-order valence-electron chi connectivity index (χ3n) is 4.04. The van der Waals surface area contributed by atoms with Crippen LogP contribution in [0.1, 0.15) is 52.4 Å². The molecule has 3 nitrogen and oxygen atoms in total. The van der Waals surface area contributed by atoms with Crippen LogP contribution in [-0.2, 0) is 4.74 Å². The summed E-state index contributed by atoms with van der Waals surface area (Å²) in [5.74, 6) is 0. The van der Waals surface area contributed by atoms with E-state index in [0.717, 1.165) is 19.4 Å². The molecule has 0 amide bonds. The summed E-state index contributed by atoms with van der Waals surface area (Å²) in [6, 6.07) is 2.95. The third-order valence-corrected chi connectivity index (χ3v) is 4.04. The van der Waals surface area contributed by atoms with Gasteiger partial charge < -0.3 is 10.1 Å². The number of unbranched alkanes of at least 4 members (excludes halogenated alkanes) is 1. The number of nitrogens with one attached hydrogen (secondary N) is 1. The highest BCUT2D eigenvalue weighted by atomic mass is 16.5. The lowest BCUT2D eigenvalue weighted by Gasteiger charge is -2.20. The molecule has 2 bridgehead atoms. The first-order valence-corrected chi connectivity index (χ1v) is 6.91. The minimum absolute atomic E-state index is 0.157. The van der Waals surface area contributed by atoms with Crippen molar-refractivity contribution >= 4 is 0 Å².